The number of rotatable bonds is 9. The average Bonchev–Trinajstić information content (AvgIpc) is 2.81. The van der Waals surface area contributed by atoms with Crippen molar-refractivity contribution < 1.29 is 0 Å². The summed E-state index contributed by atoms with van der Waals surface area (Å²) in [6, 6.07) is 12.9. The Kier molecular flexibility index (Phi) is 6.48. The van der Waals surface area contributed by atoms with Crippen LogP contribution in [-0.4, -0.2) is 22.9 Å². The summed E-state index contributed by atoms with van der Waals surface area (Å²) < 4.78 is 2.10. The molecule has 1 N–H and O–H groups in total. The van der Waals surface area contributed by atoms with Gasteiger partial charge >= 0.3 is 0 Å². The van der Waals surface area contributed by atoms with Crippen LogP contribution in [0.25, 0.3) is 0 Å². The van der Waals surface area contributed by atoms with Gasteiger partial charge in [0.05, 0.1) is 5.69 Å². The molecule has 1 aromatic carbocycles. The minimum atomic E-state index is 1.01. The lowest BCUT2D eigenvalue weighted by Crippen LogP contribution is -2.18. The zero-order valence-electron chi connectivity index (χ0n) is 13.3. The molecule has 0 saturated heterocycles. The molecule has 3 nitrogen and oxygen atoms in total. The second kappa shape index (κ2) is 8.63. The predicted octanol–water partition coefficient (Wildman–Crippen LogP) is 3.50. The molecule has 0 saturated carbocycles. The van der Waals surface area contributed by atoms with Crippen molar-refractivity contribution in [3.8, 4) is 0 Å². The van der Waals surface area contributed by atoms with E-state index in [1.54, 1.807) is 0 Å². The number of hydrogen-bond acceptors (Lipinski definition) is 2. The summed E-state index contributed by atoms with van der Waals surface area (Å²) in [7, 11) is 0. The standard InChI is InChI=1S/C18H27N3/c1-16-15-17(2)21(20-16)14-8-13-19-12-7-6-11-18-9-4-3-5-10-18/h3-5,9-10,15,19H,6-8,11-14H2,1-2H3. The van der Waals surface area contributed by atoms with Crippen molar-refractivity contribution in [2.75, 3.05) is 13.1 Å². The first-order chi connectivity index (χ1) is 10.3. The fourth-order valence-electron chi connectivity index (χ4n) is 2.60. The SMILES string of the molecule is Cc1cc(C)n(CCCNCCCCc2ccccc2)n1. The summed E-state index contributed by atoms with van der Waals surface area (Å²) in [5.74, 6) is 0. The van der Waals surface area contributed by atoms with E-state index in [4.69, 9.17) is 0 Å². The number of nitrogens with zero attached hydrogens (tertiary/aromatic N) is 2. The number of aromatic nitrogens is 2. The quantitative estimate of drug-likeness (QED) is 0.715. The van der Waals surface area contributed by atoms with E-state index in [0.717, 1.165) is 31.7 Å². The molecular weight excluding hydrogens is 258 g/mol. The highest BCUT2D eigenvalue weighted by atomic mass is 15.3. The first-order valence-electron chi connectivity index (χ1n) is 8.01. The molecule has 0 bridgehead atoms. The summed E-state index contributed by atoms with van der Waals surface area (Å²) in [5.41, 5.74) is 3.82. The van der Waals surface area contributed by atoms with Crippen molar-refractivity contribution in [3.05, 3.63) is 53.3 Å². The Labute approximate surface area is 128 Å². The zero-order chi connectivity index (χ0) is 14.9. The molecule has 2 rings (SSSR count). The molecule has 21 heavy (non-hydrogen) atoms. The van der Waals surface area contributed by atoms with Crippen LogP contribution in [0.5, 0.6) is 0 Å². The fourth-order valence-corrected chi connectivity index (χ4v) is 2.60. The number of hydrogen-bond donors (Lipinski definition) is 1. The van der Waals surface area contributed by atoms with Crippen LogP contribution in [0.15, 0.2) is 36.4 Å². The Morgan fingerprint density at radius 2 is 1.76 bits per heavy atom. The van der Waals surface area contributed by atoms with Gasteiger partial charge in [0.1, 0.15) is 0 Å². The minimum Gasteiger partial charge on any atom is -0.317 e. The van der Waals surface area contributed by atoms with E-state index < -0.39 is 0 Å². The monoisotopic (exact) mass is 285 g/mol. The van der Waals surface area contributed by atoms with E-state index >= 15 is 0 Å². The van der Waals surface area contributed by atoms with E-state index in [0.29, 0.717) is 0 Å². The topological polar surface area (TPSA) is 29.9 Å². The fraction of sp³-hybridized carbons (Fsp3) is 0.500. The summed E-state index contributed by atoms with van der Waals surface area (Å²) in [6.45, 7) is 7.37. The molecule has 0 spiro atoms. The van der Waals surface area contributed by atoms with Gasteiger partial charge in [0.2, 0.25) is 0 Å². The second-order valence-corrected chi connectivity index (χ2v) is 5.70. The van der Waals surface area contributed by atoms with Gasteiger partial charge < -0.3 is 5.32 Å². The maximum Gasteiger partial charge on any atom is 0.0596 e. The maximum atomic E-state index is 4.48. The van der Waals surface area contributed by atoms with Gasteiger partial charge in [-0.2, -0.15) is 5.10 Å². The Morgan fingerprint density at radius 1 is 1.00 bits per heavy atom. The average molecular weight is 285 g/mol. The van der Waals surface area contributed by atoms with Gasteiger partial charge in [0.15, 0.2) is 0 Å². The lowest BCUT2D eigenvalue weighted by molar-refractivity contribution is 0.524. The molecule has 1 heterocycles. The first-order valence-corrected chi connectivity index (χ1v) is 8.01. The molecular formula is C18H27N3. The van der Waals surface area contributed by atoms with Gasteiger partial charge in [-0.25, -0.2) is 0 Å². The van der Waals surface area contributed by atoms with Gasteiger partial charge in [0.25, 0.3) is 0 Å². The normalized spacial score (nSPS) is 11.0. The van der Waals surface area contributed by atoms with Crippen LogP contribution in [0.4, 0.5) is 0 Å². The zero-order valence-corrected chi connectivity index (χ0v) is 13.3. The van der Waals surface area contributed by atoms with Crippen molar-refractivity contribution >= 4 is 0 Å². The highest BCUT2D eigenvalue weighted by Crippen LogP contribution is 2.04. The van der Waals surface area contributed by atoms with E-state index in [1.807, 2.05) is 0 Å². The van der Waals surface area contributed by atoms with Gasteiger partial charge in [-0.3, -0.25) is 4.68 Å². The molecule has 0 atom stereocenters. The smallest absolute Gasteiger partial charge is 0.0596 e. The Bertz CT molecular complexity index is 517. The first kappa shape index (κ1) is 15.8. The molecule has 0 aliphatic carbocycles. The molecule has 0 fully saturated rings. The molecule has 0 aliphatic rings. The van der Waals surface area contributed by atoms with Crippen LogP contribution in [0.1, 0.15) is 36.2 Å². The van der Waals surface area contributed by atoms with Crippen LogP contribution in [0, 0.1) is 13.8 Å². The largest absolute Gasteiger partial charge is 0.317 e. The van der Waals surface area contributed by atoms with Crippen LogP contribution in [-0.2, 0) is 13.0 Å². The Morgan fingerprint density at radius 3 is 2.48 bits per heavy atom. The van der Waals surface area contributed by atoms with E-state index in [9.17, 15) is 0 Å². The van der Waals surface area contributed by atoms with Crippen LogP contribution >= 0.6 is 0 Å². The van der Waals surface area contributed by atoms with E-state index in [2.05, 4.69) is 65.3 Å². The number of aryl methyl sites for hydroxylation is 4. The van der Waals surface area contributed by atoms with Crippen LogP contribution in [0.2, 0.25) is 0 Å². The van der Waals surface area contributed by atoms with Crippen molar-refractivity contribution in [2.24, 2.45) is 0 Å². The summed E-state index contributed by atoms with van der Waals surface area (Å²) in [4.78, 5) is 0. The minimum absolute atomic E-state index is 1.01. The molecule has 0 radical (unpaired) electrons. The van der Waals surface area contributed by atoms with Crippen molar-refractivity contribution in [1.82, 2.24) is 15.1 Å². The highest BCUT2D eigenvalue weighted by Gasteiger charge is 1.99. The Hall–Kier alpha value is -1.61. The van der Waals surface area contributed by atoms with Gasteiger partial charge in [-0.15, -0.1) is 0 Å². The number of nitrogens with one attached hydrogen (secondary N) is 1. The lowest BCUT2D eigenvalue weighted by Gasteiger charge is -2.06. The number of unbranched alkanes of at least 4 members (excludes halogenated alkanes) is 1. The molecule has 2 aromatic rings. The van der Waals surface area contributed by atoms with Crippen molar-refractivity contribution in [1.29, 1.82) is 0 Å². The van der Waals surface area contributed by atoms with Crippen LogP contribution in [0.3, 0.4) is 0 Å². The van der Waals surface area contributed by atoms with Gasteiger partial charge in [-0.05, 0) is 64.3 Å². The molecule has 0 amide bonds. The van der Waals surface area contributed by atoms with Gasteiger partial charge in [0, 0.05) is 12.2 Å². The van der Waals surface area contributed by atoms with Gasteiger partial charge in [-0.1, -0.05) is 30.3 Å². The van der Waals surface area contributed by atoms with Crippen molar-refractivity contribution in [3.63, 3.8) is 0 Å². The third-order valence-corrected chi connectivity index (χ3v) is 3.74. The highest BCUT2D eigenvalue weighted by molar-refractivity contribution is 5.14. The summed E-state index contributed by atoms with van der Waals surface area (Å²) in [6.07, 6.45) is 4.83. The molecule has 3 heteroatoms. The summed E-state index contributed by atoms with van der Waals surface area (Å²) >= 11 is 0. The lowest BCUT2D eigenvalue weighted by atomic mass is 10.1. The second-order valence-electron chi connectivity index (χ2n) is 5.70. The molecule has 0 aliphatic heterocycles. The Balaban J connectivity index is 1.48. The van der Waals surface area contributed by atoms with E-state index in [-0.39, 0.29) is 0 Å². The number of benzene rings is 1. The third-order valence-electron chi connectivity index (χ3n) is 3.74. The molecule has 114 valence electrons. The van der Waals surface area contributed by atoms with Crippen molar-refractivity contribution in [2.45, 2.75) is 46.1 Å². The molecule has 0 unspecified atom stereocenters. The van der Waals surface area contributed by atoms with E-state index in [1.165, 1.54) is 30.5 Å². The predicted molar refractivity (Wildman–Crippen MR) is 88.6 cm³/mol. The molecule has 1 aromatic heterocycles. The van der Waals surface area contributed by atoms with Crippen LogP contribution < -0.4 is 5.32 Å². The summed E-state index contributed by atoms with van der Waals surface area (Å²) in [5, 5.41) is 8.01. The third kappa shape index (κ3) is 5.72. The maximum absolute atomic E-state index is 4.48.